The van der Waals surface area contributed by atoms with Crippen molar-refractivity contribution < 1.29 is 19.2 Å². The number of ketones is 4. The van der Waals surface area contributed by atoms with E-state index in [0.29, 0.717) is 69.0 Å². The second-order valence-electron chi connectivity index (χ2n) is 11.4. The molecular weight excluding hydrogens is 552 g/mol. The lowest BCUT2D eigenvalue weighted by atomic mass is 9.83. The molecule has 4 aromatic rings. The SMILES string of the molecule is O=C1c2ccccc2C(=O)c2c(NCCCN3CCN(CCNc4cccc5c4C(=O)c4ccccc4C5=O)C3)cccc21. The summed E-state index contributed by atoms with van der Waals surface area (Å²) in [4.78, 5) is 57.3. The summed E-state index contributed by atoms with van der Waals surface area (Å²) in [7, 11) is 0. The second kappa shape index (κ2) is 11.6. The van der Waals surface area contributed by atoms with Gasteiger partial charge in [-0.15, -0.1) is 0 Å². The molecule has 8 heteroatoms. The molecule has 0 amide bonds. The highest BCUT2D eigenvalue weighted by Crippen LogP contribution is 2.33. The molecule has 0 bridgehead atoms. The van der Waals surface area contributed by atoms with Crippen LogP contribution in [0.3, 0.4) is 0 Å². The third-order valence-electron chi connectivity index (χ3n) is 8.75. The Morgan fingerprint density at radius 1 is 0.477 bits per heavy atom. The fourth-order valence-electron chi connectivity index (χ4n) is 6.53. The summed E-state index contributed by atoms with van der Waals surface area (Å²) < 4.78 is 0. The predicted molar refractivity (Wildman–Crippen MR) is 169 cm³/mol. The first-order valence-electron chi connectivity index (χ1n) is 15.1. The third-order valence-corrected chi connectivity index (χ3v) is 8.75. The van der Waals surface area contributed by atoms with Gasteiger partial charge in [-0.1, -0.05) is 72.8 Å². The number of anilines is 2. The molecule has 44 heavy (non-hydrogen) atoms. The van der Waals surface area contributed by atoms with Gasteiger partial charge >= 0.3 is 0 Å². The van der Waals surface area contributed by atoms with Crippen molar-refractivity contribution in [3.05, 3.63) is 129 Å². The summed E-state index contributed by atoms with van der Waals surface area (Å²) in [5, 5.41) is 6.82. The summed E-state index contributed by atoms with van der Waals surface area (Å²) in [5.74, 6) is -0.445. The number of benzene rings is 4. The maximum atomic E-state index is 13.3. The Hall–Kier alpha value is -4.92. The number of nitrogens with zero attached hydrogens (tertiary/aromatic N) is 2. The highest BCUT2D eigenvalue weighted by Gasteiger charge is 2.32. The quantitative estimate of drug-likeness (QED) is 0.236. The van der Waals surface area contributed by atoms with Gasteiger partial charge in [0.15, 0.2) is 23.1 Å². The fraction of sp³-hybridized carbons (Fsp3) is 0.222. The van der Waals surface area contributed by atoms with Crippen LogP contribution in [-0.4, -0.2) is 78.9 Å². The van der Waals surface area contributed by atoms with E-state index in [-0.39, 0.29) is 23.1 Å². The van der Waals surface area contributed by atoms with Crippen molar-refractivity contribution in [1.82, 2.24) is 9.80 Å². The first-order valence-corrected chi connectivity index (χ1v) is 15.1. The molecule has 8 nitrogen and oxygen atoms in total. The van der Waals surface area contributed by atoms with Crippen LogP contribution in [0, 0.1) is 0 Å². The first-order chi connectivity index (χ1) is 21.5. The van der Waals surface area contributed by atoms with Gasteiger partial charge in [0.2, 0.25) is 0 Å². The largest absolute Gasteiger partial charge is 0.384 e. The van der Waals surface area contributed by atoms with Crippen LogP contribution in [0.25, 0.3) is 0 Å². The van der Waals surface area contributed by atoms with Crippen molar-refractivity contribution >= 4 is 34.5 Å². The number of carbonyl (C=O) groups excluding carboxylic acids is 4. The highest BCUT2D eigenvalue weighted by atomic mass is 16.1. The maximum Gasteiger partial charge on any atom is 0.196 e. The van der Waals surface area contributed by atoms with E-state index in [9.17, 15) is 19.2 Å². The molecule has 2 N–H and O–H groups in total. The molecule has 1 fully saturated rings. The number of carbonyl (C=O) groups is 4. The standard InChI is InChI=1S/C36H32N4O4/c41-33-23-8-1-3-10-25(23)35(43)31-27(33)12-5-14-29(31)37-16-7-18-39-20-21-40(22-39)19-17-38-30-15-6-13-28-32(30)36(44)26-11-4-2-9-24(26)34(28)42/h1-6,8-15,37-38H,7,16-22H2. The van der Waals surface area contributed by atoms with Crippen molar-refractivity contribution in [2.45, 2.75) is 6.42 Å². The Balaban J connectivity index is 0.901. The fourth-order valence-corrected chi connectivity index (χ4v) is 6.53. The topological polar surface area (TPSA) is 98.8 Å². The van der Waals surface area contributed by atoms with E-state index in [2.05, 4.69) is 20.4 Å². The second-order valence-corrected chi connectivity index (χ2v) is 11.4. The van der Waals surface area contributed by atoms with Crippen molar-refractivity contribution in [1.29, 1.82) is 0 Å². The van der Waals surface area contributed by atoms with Crippen molar-refractivity contribution in [2.75, 3.05) is 56.6 Å². The molecule has 0 spiro atoms. The number of rotatable bonds is 9. The summed E-state index contributed by atoms with van der Waals surface area (Å²) in [6.07, 6.45) is 0.891. The summed E-state index contributed by atoms with van der Waals surface area (Å²) in [6, 6.07) is 24.9. The lowest BCUT2D eigenvalue weighted by Crippen LogP contribution is -2.31. The van der Waals surface area contributed by atoms with E-state index in [1.807, 2.05) is 24.3 Å². The normalized spacial score (nSPS) is 15.9. The third kappa shape index (κ3) is 4.92. The molecule has 7 rings (SSSR count). The lowest BCUT2D eigenvalue weighted by molar-refractivity contribution is 0.0979. The molecule has 0 aromatic heterocycles. The van der Waals surface area contributed by atoms with Gasteiger partial charge in [0.05, 0.1) is 17.8 Å². The minimum atomic E-state index is -0.115. The van der Waals surface area contributed by atoms with E-state index in [4.69, 9.17) is 0 Å². The Bertz CT molecular complexity index is 1830. The molecular formula is C36H32N4O4. The number of nitrogens with one attached hydrogen (secondary N) is 2. The molecule has 4 aromatic carbocycles. The number of fused-ring (bicyclic) bond motifs is 4. The van der Waals surface area contributed by atoms with Gasteiger partial charge in [-0.25, -0.2) is 0 Å². The van der Waals surface area contributed by atoms with Crippen LogP contribution in [-0.2, 0) is 0 Å². The zero-order valence-electron chi connectivity index (χ0n) is 24.3. The van der Waals surface area contributed by atoms with Crippen LogP contribution in [0.15, 0.2) is 84.9 Å². The van der Waals surface area contributed by atoms with Gasteiger partial charge in [0.25, 0.3) is 0 Å². The predicted octanol–water partition coefficient (Wildman–Crippen LogP) is 4.73. The lowest BCUT2D eigenvalue weighted by Gasteiger charge is -2.22. The van der Waals surface area contributed by atoms with Crippen molar-refractivity contribution in [2.24, 2.45) is 0 Å². The van der Waals surface area contributed by atoms with E-state index in [1.54, 1.807) is 60.7 Å². The van der Waals surface area contributed by atoms with Gasteiger partial charge in [-0.2, -0.15) is 0 Å². The highest BCUT2D eigenvalue weighted by molar-refractivity contribution is 6.31. The molecule has 220 valence electrons. The first kappa shape index (κ1) is 27.9. The van der Waals surface area contributed by atoms with Crippen LogP contribution in [0.2, 0.25) is 0 Å². The zero-order chi connectivity index (χ0) is 30.2. The Morgan fingerprint density at radius 2 is 0.909 bits per heavy atom. The van der Waals surface area contributed by atoms with Crippen molar-refractivity contribution in [3.63, 3.8) is 0 Å². The summed E-state index contributed by atoms with van der Waals surface area (Å²) in [5.41, 5.74) is 5.09. The molecule has 0 unspecified atom stereocenters. The molecule has 0 radical (unpaired) electrons. The Morgan fingerprint density at radius 3 is 1.43 bits per heavy atom. The van der Waals surface area contributed by atoms with E-state index in [0.717, 1.165) is 39.3 Å². The molecule has 1 saturated heterocycles. The van der Waals surface area contributed by atoms with Crippen LogP contribution in [0.1, 0.15) is 70.1 Å². The average molecular weight is 585 g/mol. The molecule has 3 aliphatic rings. The minimum absolute atomic E-state index is 0.108. The smallest absolute Gasteiger partial charge is 0.196 e. The van der Waals surface area contributed by atoms with E-state index in [1.165, 1.54) is 0 Å². The molecule has 0 saturated carbocycles. The van der Waals surface area contributed by atoms with Crippen LogP contribution >= 0.6 is 0 Å². The average Bonchev–Trinajstić information content (AvgIpc) is 3.51. The van der Waals surface area contributed by atoms with E-state index < -0.39 is 0 Å². The van der Waals surface area contributed by atoms with Gasteiger partial charge in [-0.3, -0.25) is 29.0 Å². The number of hydrogen-bond acceptors (Lipinski definition) is 8. The monoisotopic (exact) mass is 584 g/mol. The minimum Gasteiger partial charge on any atom is -0.384 e. The molecule has 1 heterocycles. The Kier molecular flexibility index (Phi) is 7.37. The van der Waals surface area contributed by atoms with Gasteiger partial charge in [0.1, 0.15) is 0 Å². The van der Waals surface area contributed by atoms with Gasteiger partial charge in [-0.05, 0) is 18.6 Å². The zero-order valence-corrected chi connectivity index (χ0v) is 24.3. The molecule has 0 atom stereocenters. The van der Waals surface area contributed by atoms with Crippen LogP contribution in [0.4, 0.5) is 11.4 Å². The number of hydrogen-bond donors (Lipinski definition) is 2. The molecule has 1 aliphatic heterocycles. The van der Waals surface area contributed by atoms with Crippen molar-refractivity contribution in [3.8, 4) is 0 Å². The summed E-state index contributed by atoms with van der Waals surface area (Å²) >= 11 is 0. The Labute approximate surface area is 255 Å². The maximum absolute atomic E-state index is 13.3. The van der Waals surface area contributed by atoms with Crippen LogP contribution < -0.4 is 10.6 Å². The molecule has 2 aliphatic carbocycles. The van der Waals surface area contributed by atoms with Gasteiger partial charge < -0.3 is 10.6 Å². The summed E-state index contributed by atoms with van der Waals surface area (Å²) in [6.45, 7) is 5.83. The van der Waals surface area contributed by atoms with Crippen LogP contribution in [0.5, 0.6) is 0 Å². The van der Waals surface area contributed by atoms with Gasteiger partial charge in [0, 0.05) is 84.0 Å². The van der Waals surface area contributed by atoms with E-state index >= 15 is 0 Å².